The molecule has 1 aliphatic rings. The molecular weight excluding hydrogens is 308 g/mol. The van der Waals surface area contributed by atoms with E-state index in [2.05, 4.69) is 0 Å². The van der Waals surface area contributed by atoms with Crippen molar-refractivity contribution in [1.82, 2.24) is 0 Å². The van der Waals surface area contributed by atoms with Gasteiger partial charge in [0.1, 0.15) is 18.3 Å². The molecule has 2 aromatic carbocycles. The van der Waals surface area contributed by atoms with Crippen molar-refractivity contribution >= 4 is 0 Å². The van der Waals surface area contributed by atoms with E-state index in [1.54, 1.807) is 0 Å². The molecule has 0 aliphatic carbocycles. The van der Waals surface area contributed by atoms with Crippen molar-refractivity contribution in [2.75, 3.05) is 6.61 Å². The molecule has 2 aromatic rings. The van der Waals surface area contributed by atoms with E-state index in [0.717, 1.165) is 11.1 Å². The van der Waals surface area contributed by atoms with Crippen LogP contribution in [0.4, 0.5) is 0 Å². The Kier molecular flexibility index (Phi) is 5.96. The number of ether oxygens (including phenoxy) is 3. The van der Waals surface area contributed by atoms with Gasteiger partial charge in [-0.25, -0.2) is 0 Å². The average molecular weight is 330 g/mol. The Labute approximate surface area is 141 Å². The number of aliphatic hydroxyl groups excluding tert-OH is 2. The smallest absolute Gasteiger partial charge is 0.184 e. The lowest BCUT2D eigenvalue weighted by atomic mass is 10.1. The van der Waals surface area contributed by atoms with Crippen molar-refractivity contribution in [3.8, 4) is 0 Å². The van der Waals surface area contributed by atoms with Crippen molar-refractivity contribution in [1.29, 1.82) is 0 Å². The van der Waals surface area contributed by atoms with Crippen LogP contribution in [0.15, 0.2) is 60.7 Å². The number of benzene rings is 2. The van der Waals surface area contributed by atoms with E-state index in [-0.39, 0.29) is 6.61 Å². The lowest BCUT2D eigenvalue weighted by molar-refractivity contribution is -0.152. The van der Waals surface area contributed by atoms with Gasteiger partial charge in [0.2, 0.25) is 0 Å². The molecule has 0 radical (unpaired) electrons. The van der Waals surface area contributed by atoms with E-state index in [0.29, 0.717) is 13.2 Å². The summed E-state index contributed by atoms with van der Waals surface area (Å²) in [5.74, 6) is 0. The fourth-order valence-electron chi connectivity index (χ4n) is 2.67. The Morgan fingerprint density at radius 3 is 2.04 bits per heavy atom. The molecule has 0 bridgehead atoms. The molecule has 0 saturated carbocycles. The Bertz CT molecular complexity index is 604. The quantitative estimate of drug-likeness (QED) is 0.811. The number of hydrogen-bond donors (Lipinski definition) is 2. The Balaban J connectivity index is 1.46. The molecule has 128 valence electrons. The summed E-state index contributed by atoms with van der Waals surface area (Å²) in [5, 5.41) is 20.3. The molecule has 0 aromatic heterocycles. The topological polar surface area (TPSA) is 68.2 Å². The molecule has 2 N–H and O–H groups in total. The maximum absolute atomic E-state index is 10.3. The van der Waals surface area contributed by atoms with Crippen LogP contribution in [0, 0.1) is 0 Å². The molecule has 5 nitrogen and oxygen atoms in total. The maximum atomic E-state index is 10.3. The zero-order chi connectivity index (χ0) is 16.8. The zero-order valence-electron chi connectivity index (χ0n) is 13.3. The summed E-state index contributed by atoms with van der Waals surface area (Å²) in [6.07, 6.45) is -3.48. The lowest BCUT2D eigenvalue weighted by Crippen LogP contribution is -2.36. The van der Waals surface area contributed by atoms with Gasteiger partial charge in [0, 0.05) is 0 Å². The molecule has 1 heterocycles. The van der Waals surface area contributed by atoms with Gasteiger partial charge in [0.25, 0.3) is 0 Å². The Morgan fingerprint density at radius 2 is 1.42 bits per heavy atom. The third-order valence-electron chi connectivity index (χ3n) is 3.99. The minimum absolute atomic E-state index is 0.193. The standard InChI is InChI=1S/C19H22O5/c20-17-16(13-22-11-14-7-3-1-4-8-14)24-19(21)18(17)23-12-15-9-5-2-6-10-15/h1-10,16-21H,11-13H2/t16-,17-,18-,19-/m1/s1. The largest absolute Gasteiger partial charge is 0.387 e. The second-order valence-electron chi connectivity index (χ2n) is 5.82. The van der Waals surface area contributed by atoms with Crippen LogP contribution >= 0.6 is 0 Å². The average Bonchev–Trinajstić information content (AvgIpc) is 2.89. The van der Waals surface area contributed by atoms with Crippen LogP contribution < -0.4 is 0 Å². The highest BCUT2D eigenvalue weighted by Gasteiger charge is 2.43. The van der Waals surface area contributed by atoms with E-state index in [1.165, 1.54) is 0 Å². The monoisotopic (exact) mass is 330 g/mol. The first-order valence-corrected chi connectivity index (χ1v) is 8.03. The van der Waals surface area contributed by atoms with Crippen molar-refractivity contribution in [2.24, 2.45) is 0 Å². The molecule has 5 heteroatoms. The third-order valence-corrected chi connectivity index (χ3v) is 3.99. The molecule has 4 atom stereocenters. The Morgan fingerprint density at radius 1 is 0.833 bits per heavy atom. The zero-order valence-corrected chi connectivity index (χ0v) is 13.3. The van der Waals surface area contributed by atoms with Gasteiger partial charge in [-0.3, -0.25) is 0 Å². The highest BCUT2D eigenvalue weighted by atomic mass is 16.7. The van der Waals surface area contributed by atoms with Gasteiger partial charge < -0.3 is 24.4 Å². The molecule has 0 spiro atoms. The summed E-state index contributed by atoms with van der Waals surface area (Å²) < 4.78 is 16.6. The summed E-state index contributed by atoms with van der Waals surface area (Å²) in [4.78, 5) is 0. The summed E-state index contributed by atoms with van der Waals surface area (Å²) in [5.41, 5.74) is 2.02. The Hall–Kier alpha value is -1.76. The van der Waals surface area contributed by atoms with E-state index >= 15 is 0 Å². The van der Waals surface area contributed by atoms with E-state index in [1.807, 2.05) is 60.7 Å². The van der Waals surface area contributed by atoms with Gasteiger partial charge in [-0.05, 0) is 11.1 Å². The maximum Gasteiger partial charge on any atom is 0.184 e. The van der Waals surface area contributed by atoms with Crippen LogP contribution in [0.3, 0.4) is 0 Å². The van der Waals surface area contributed by atoms with Gasteiger partial charge in [-0.15, -0.1) is 0 Å². The first-order chi connectivity index (χ1) is 11.7. The summed E-state index contributed by atoms with van der Waals surface area (Å²) in [6, 6.07) is 19.4. The summed E-state index contributed by atoms with van der Waals surface area (Å²) in [7, 11) is 0. The van der Waals surface area contributed by atoms with Crippen molar-refractivity contribution in [3.63, 3.8) is 0 Å². The number of aliphatic hydroxyl groups is 2. The van der Waals surface area contributed by atoms with Crippen LogP contribution in [0.1, 0.15) is 11.1 Å². The minimum Gasteiger partial charge on any atom is -0.387 e. The second-order valence-corrected chi connectivity index (χ2v) is 5.82. The molecule has 0 unspecified atom stereocenters. The second kappa shape index (κ2) is 8.37. The number of rotatable bonds is 7. The van der Waals surface area contributed by atoms with Crippen LogP contribution in [0.5, 0.6) is 0 Å². The van der Waals surface area contributed by atoms with Gasteiger partial charge >= 0.3 is 0 Å². The van der Waals surface area contributed by atoms with E-state index < -0.39 is 24.6 Å². The van der Waals surface area contributed by atoms with Gasteiger partial charge in [-0.2, -0.15) is 0 Å². The fraction of sp³-hybridized carbons (Fsp3) is 0.368. The molecule has 1 aliphatic heterocycles. The van der Waals surface area contributed by atoms with Crippen molar-refractivity contribution in [3.05, 3.63) is 71.8 Å². The molecule has 3 rings (SSSR count). The van der Waals surface area contributed by atoms with E-state index in [4.69, 9.17) is 14.2 Å². The van der Waals surface area contributed by atoms with Crippen LogP contribution in [-0.2, 0) is 27.4 Å². The molecule has 1 fully saturated rings. The molecule has 0 amide bonds. The minimum atomic E-state index is -1.16. The molecule has 1 saturated heterocycles. The van der Waals surface area contributed by atoms with Crippen LogP contribution in [0.25, 0.3) is 0 Å². The van der Waals surface area contributed by atoms with Crippen LogP contribution in [-0.4, -0.2) is 41.4 Å². The lowest BCUT2D eigenvalue weighted by Gasteiger charge is -2.18. The molecular formula is C19H22O5. The number of hydrogen-bond acceptors (Lipinski definition) is 5. The first kappa shape index (κ1) is 17.1. The van der Waals surface area contributed by atoms with Crippen LogP contribution in [0.2, 0.25) is 0 Å². The van der Waals surface area contributed by atoms with Gasteiger partial charge in [0.05, 0.1) is 19.8 Å². The predicted molar refractivity (Wildman–Crippen MR) is 88.0 cm³/mol. The summed E-state index contributed by atoms with van der Waals surface area (Å²) >= 11 is 0. The van der Waals surface area contributed by atoms with E-state index in [9.17, 15) is 10.2 Å². The normalized spacial score (nSPS) is 26.6. The highest BCUT2D eigenvalue weighted by molar-refractivity contribution is 5.14. The first-order valence-electron chi connectivity index (χ1n) is 8.03. The van der Waals surface area contributed by atoms with Crippen molar-refractivity contribution in [2.45, 2.75) is 37.8 Å². The predicted octanol–water partition coefficient (Wildman–Crippen LogP) is 1.87. The van der Waals surface area contributed by atoms with Gasteiger partial charge in [0.15, 0.2) is 6.29 Å². The van der Waals surface area contributed by atoms with Gasteiger partial charge in [-0.1, -0.05) is 60.7 Å². The van der Waals surface area contributed by atoms with Crippen molar-refractivity contribution < 1.29 is 24.4 Å². The highest BCUT2D eigenvalue weighted by Crippen LogP contribution is 2.24. The molecule has 24 heavy (non-hydrogen) atoms. The fourth-order valence-corrected chi connectivity index (χ4v) is 2.67. The SMILES string of the molecule is O[C@H]1[C@@H](OCc2ccccc2)[C@H](O)O[C@@H]1COCc1ccccc1. The third kappa shape index (κ3) is 4.41. The summed E-state index contributed by atoms with van der Waals surface area (Å²) in [6.45, 7) is 0.929.